The van der Waals surface area contributed by atoms with Crippen molar-refractivity contribution in [2.24, 2.45) is 13.0 Å². The van der Waals surface area contributed by atoms with Crippen molar-refractivity contribution in [3.05, 3.63) is 41.5 Å². The smallest absolute Gasteiger partial charge is 0.181 e. The number of aliphatic hydroxyl groups is 1. The number of rotatable bonds is 3. The van der Waals surface area contributed by atoms with Crippen LogP contribution in [0.4, 0.5) is 0 Å². The second-order valence-corrected chi connectivity index (χ2v) is 8.14. The van der Waals surface area contributed by atoms with Gasteiger partial charge in [-0.25, -0.2) is 9.97 Å². The molecule has 0 radical (unpaired) electrons. The van der Waals surface area contributed by atoms with E-state index >= 15 is 0 Å². The van der Waals surface area contributed by atoms with E-state index in [0.29, 0.717) is 0 Å². The van der Waals surface area contributed by atoms with Crippen LogP contribution in [-0.2, 0) is 11.8 Å². The first-order valence-electron chi connectivity index (χ1n) is 9.13. The Kier molecular flexibility index (Phi) is 4.15. The van der Waals surface area contributed by atoms with Crippen molar-refractivity contribution in [3.63, 3.8) is 0 Å². The number of thiophene rings is 1. The highest BCUT2D eigenvalue weighted by molar-refractivity contribution is 7.18. The van der Waals surface area contributed by atoms with Gasteiger partial charge < -0.3 is 9.84 Å². The van der Waals surface area contributed by atoms with Crippen LogP contribution in [0.5, 0.6) is 0 Å². The van der Waals surface area contributed by atoms with Gasteiger partial charge in [0, 0.05) is 53.9 Å². The van der Waals surface area contributed by atoms with Crippen molar-refractivity contribution in [2.45, 2.75) is 18.9 Å². The Morgan fingerprint density at radius 2 is 2.07 bits per heavy atom. The molecule has 0 bridgehead atoms. The summed E-state index contributed by atoms with van der Waals surface area (Å²) in [5.41, 5.74) is 2.59. The maximum absolute atomic E-state index is 10.8. The average Bonchev–Trinajstić information content (AvgIpc) is 3.29. The van der Waals surface area contributed by atoms with E-state index in [9.17, 15) is 5.11 Å². The minimum Gasteiger partial charge on any atom is -0.387 e. The number of pyridine rings is 2. The number of aromatic nitrogens is 4. The van der Waals surface area contributed by atoms with E-state index in [2.05, 4.69) is 28.3 Å². The molecule has 1 fully saturated rings. The highest BCUT2D eigenvalue weighted by Crippen LogP contribution is 2.37. The van der Waals surface area contributed by atoms with Gasteiger partial charge in [0.25, 0.3) is 0 Å². The minimum absolute atomic E-state index is 0.267. The third-order valence-electron chi connectivity index (χ3n) is 5.18. The fraction of sp³-hybridized carbons (Fsp3) is 0.350. The Labute approximate surface area is 160 Å². The van der Waals surface area contributed by atoms with Gasteiger partial charge in [-0.1, -0.05) is 0 Å². The largest absolute Gasteiger partial charge is 0.387 e. The minimum atomic E-state index is -0.440. The summed E-state index contributed by atoms with van der Waals surface area (Å²) in [6.45, 7) is 1.47. The molecule has 0 aliphatic carbocycles. The van der Waals surface area contributed by atoms with Crippen LogP contribution in [0.15, 0.2) is 36.7 Å². The van der Waals surface area contributed by atoms with E-state index in [4.69, 9.17) is 9.72 Å². The molecule has 138 valence electrons. The second kappa shape index (κ2) is 6.67. The van der Waals surface area contributed by atoms with Crippen molar-refractivity contribution in [1.82, 2.24) is 19.7 Å². The topological polar surface area (TPSA) is 73.1 Å². The number of ether oxygens (including phenoxy) is 1. The number of hydrogen-bond donors (Lipinski definition) is 1. The molecule has 1 N–H and O–H groups in total. The monoisotopic (exact) mass is 380 g/mol. The van der Waals surface area contributed by atoms with Gasteiger partial charge in [-0.3, -0.25) is 4.68 Å². The van der Waals surface area contributed by atoms with Crippen molar-refractivity contribution < 1.29 is 9.84 Å². The molecule has 1 aliphatic heterocycles. The van der Waals surface area contributed by atoms with E-state index in [1.165, 1.54) is 0 Å². The second-order valence-electron chi connectivity index (χ2n) is 7.07. The van der Waals surface area contributed by atoms with Gasteiger partial charge in [-0.2, -0.15) is 5.10 Å². The zero-order chi connectivity index (χ0) is 18.4. The lowest BCUT2D eigenvalue weighted by Gasteiger charge is -2.25. The van der Waals surface area contributed by atoms with E-state index in [1.54, 1.807) is 16.0 Å². The molecule has 1 saturated heterocycles. The van der Waals surface area contributed by atoms with Crippen molar-refractivity contribution in [2.75, 3.05) is 13.2 Å². The summed E-state index contributed by atoms with van der Waals surface area (Å²) < 4.78 is 7.17. The van der Waals surface area contributed by atoms with E-state index in [1.807, 2.05) is 25.5 Å². The van der Waals surface area contributed by atoms with Gasteiger partial charge in [0.2, 0.25) is 0 Å². The molecule has 1 atom stereocenters. The highest BCUT2D eigenvalue weighted by Gasteiger charge is 2.25. The molecular formula is C20H20N4O2S. The molecule has 4 aromatic heterocycles. The Balaban J connectivity index is 1.49. The number of aryl methyl sites for hydroxylation is 1. The van der Waals surface area contributed by atoms with Crippen LogP contribution in [0.3, 0.4) is 0 Å². The SMILES string of the molecule is Cn1cc2cc(-c3ccc4cc(C(O)C5CCOCC5)sc4n3)cnc2n1. The fourth-order valence-electron chi connectivity index (χ4n) is 3.68. The summed E-state index contributed by atoms with van der Waals surface area (Å²) in [4.78, 5) is 11.2. The molecule has 5 rings (SSSR count). The zero-order valence-electron chi connectivity index (χ0n) is 15.0. The van der Waals surface area contributed by atoms with Gasteiger partial charge in [-0.05, 0) is 43.0 Å². The molecule has 1 unspecified atom stereocenters. The third-order valence-corrected chi connectivity index (χ3v) is 6.29. The number of fused-ring (bicyclic) bond motifs is 2. The fourth-order valence-corrected chi connectivity index (χ4v) is 4.79. The van der Waals surface area contributed by atoms with Crippen LogP contribution in [0, 0.1) is 5.92 Å². The van der Waals surface area contributed by atoms with Crippen molar-refractivity contribution in [3.8, 4) is 11.3 Å². The maximum Gasteiger partial charge on any atom is 0.181 e. The first-order chi connectivity index (χ1) is 13.2. The first kappa shape index (κ1) is 16.8. The van der Waals surface area contributed by atoms with Crippen LogP contribution in [0.25, 0.3) is 32.5 Å². The average molecular weight is 380 g/mol. The molecular weight excluding hydrogens is 360 g/mol. The molecule has 0 spiro atoms. The van der Waals surface area contributed by atoms with Crippen molar-refractivity contribution in [1.29, 1.82) is 0 Å². The molecule has 7 heteroatoms. The molecule has 0 aromatic carbocycles. The molecule has 4 aromatic rings. The molecule has 0 amide bonds. The lowest BCUT2D eigenvalue weighted by atomic mass is 9.93. The molecule has 5 heterocycles. The summed E-state index contributed by atoms with van der Waals surface area (Å²) in [7, 11) is 1.89. The summed E-state index contributed by atoms with van der Waals surface area (Å²) in [5, 5.41) is 17.1. The first-order valence-corrected chi connectivity index (χ1v) is 9.95. The molecule has 1 aliphatic rings. The van der Waals surface area contributed by atoms with E-state index in [-0.39, 0.29) is 5.92 Å². The van der Waals surface area contributed by atoms with Gasteiger partial charge >= 0.3 is 0 Å². The quantitative estimate of drug-likeness (QED) is 0.587. The zero-order valence-corrected chi connectivity index (χ0v) is 15.8. The Morgan fingerprint density at radius 1 is 1.22 bits per heavy atom. The summed E-state index contributed by atoms with van der Waals surface area (Å²) >= 11 is 1.58. The summed E-state index contributed by atoms with van der Waals surface area (Å²) in [6.07, 6.45) is 5.15. The normalized spacial score (nSPS) is 17.0. The van der Waals surface area contributed by atoms with Gasteiger partial charge in [0.05, 0.1) is 11.8 Å². The van der Waals surface area contributed by atoms with Gasteiger partial charge in [0.15, 0.2) is 5.65 Å². The molecule has 0 saturated carbocycles. The van der Waals surface area contributed by atoms with Crippen LogP contribution < -0.4 is 0 Å². The summed E-state index contributed by atoms with van der Waals surface area (Å²) in [5.74, 6) is 0.267. The van der Waals surface area contributed by atoms with Crippen LogP contribution in [-0.4, -0.2) is 38.1 Å². The Hall–Kier alpha value is -2.35. The van der Waals surface area contributed by atoms with Crippen LogP contribution in [0.2, 0.25) is 0 Å². The predicted molar refractivity (Wildman–Crippen MR) is 106 cm³/mol. The maximum atomic E-state index is 10.8. The van der Waals surface area contributed by atoms with Crippen LogP contribution >= 0.6 is 11.3 Å². The van der Waals surface area contributed by atoms with E-state index < -0.39 is 6.10 Å². The predicted octanol–water partition coefficient (Wildman–Crippen LogP) is 3.71. The number of hydrogen-bond acceptors (Lipinski definition) is 6. The highest BCUT2D eigenvalue weighted by atomic mass is 32.1. The third kappa shape index (κ3) is 3.12. The Morgan fingerprint density at radius 3 is 2.93 bits per heavy atom. The lowest BCUT2D eigenvalue weighted by Crippen LogP contribution is -2.21. The number of nitrogens with zero attached hydrogens (tertiary/aromatic N) is 4. The van der Waals surface area contributed by atoms with Gasteiger partial charge in [-0.15, -0.1) is 11.3 Å². The Bertz CT molecular complexity index is 1110. The van der Waals surface area contributed by atoms with E-state index in [0.717, 1.165) is 63.4 Å². The van der Waals surface area contributed by atoms with Crippen LogP contribution in [0.1, 0.15) is 23.8 Å². The molecule has 6 nitrogen and oxygen atoms in total. The lowest BCUT2D eigenvalue weighted by molar-refractivity contribution is 0.00856. The summed E-state index contributed by atoms with van der Waals surface area (Å²) in [6, 6.07) is 8.22. The molecule has 27 heavy (non-hydrogen) atoms. The van der Waals surface area contributed by atoms with Gasteiger partial charge in [0.1, 0.15) is 4.83 Å². The standard InChI is InChI=1S/C20H20N4O2S/c1-24-11-15-8-14(10-21-19(15)23-24)16-3-2-13-9-17(27-20(13)22-16)18(25)12-4-6-26-7-5-12/h2-3,8-12,18,25H,4-7H2,1H3. The van der Waals surface area contributed by atoms with Crippen molar-refractivity contribution >= 4 is 32.6 Å². The number of aliphatic hydroxyl groups excluding tert-OH is 1.